The van der Waals surface area contributed by atoms with Crippen LogP contribution in [0.4, 0.5) is 5.13 Å². The molecular weight excluding hydrogens is 388 g/mol. The van der Waals surface area contributed by atoms with Gasteiger partial charge in [-0.3, -0.25) is 14.9 Å². The molecule has 0 aliphatic carbocycles. The number of furan rings is 1. The standard InChI is InChI=1S/C21H20N4O3S/c1-11(2)13-5-7-14(8-6-13)15-9-29-21(23-15)24-18(26)16-12(3)28-19-17(16)20(27)25(4)10-22-19/h5-11H,1-4H3,(H,23,24,26). The molecule has 1 amide bonds. The Kier molecular flexibility index (Phi) is 4.79. The van der Waals surface area contributed by atoms with Crippen molar-refractivity contribution in [3.8, 4) is 11.3 Å². The van der Waals surface area contributed by atoms with Gasteiger partial charge in [0, 0.05) is 18.0 Å². The summed E-state index contributed by atoms with van der Waals surface area (Å²) < 4.78 is 6.81. The normalized spacial score (nSPS) is 11.3. The fraction of sp³-hybridized carbons (Fsp3) is 0.238. The van der Waals surface area contributed by atoms with Gasteiger partial charge < -0.3 is 8.98 Å². The van der Waals surface area contributed by atoms with E-state index in [0.29, 0.717) is 16.8 Å². The van der Waals surface area contributed by atoms with Gasteiger partial charge in [-0.15, -0.1) is 11.3 Å². The van der Waals surface area contributed by atoms with Crippen molar-refractivity contribution in [3.05, 3.63) is 63.2 Å². The molecule has 29 heavy (non-hydrogen) atoms. The van der Waals surface area contributed by atoms with Gasteiger partial charge in [-0.2, -0.15) is 0 Å². The number of hydrogen-bond donors (Lipinski definition) is 1. The predicted molar refractivity (Wildman–Crippen MR) is 114 cm³/mol. The third-order valence-electron chi connectivity index (χ3n) is 4.77. The lowest BCUT2D eigenvalue weighted by Crippen LogP contribution is -2.20. The quantitative estimate of drug-likeness (QED) is 0.543. The SMILES string of the molecule is Cc1oc2ncn(C)c(=O)c2c1C(=O)Nc1nc(-c2ccc(C(C)C)cc2)cs1. The highest BCUT2D eigenvalue weighted by Gasteiger charge is 2.23. The molecule has 148 valence electrons. The lowest BCUT2D eigenvalue weighted by atomic mass is 10.0. The molecule has 0 aliphatic rings. The highest BCUT2D eigenvalue weighted by atomic mass is 32.1. The highest BCUT2D eigenvalue weighted by molar-refractivity contribution is 7.14. The summed E-state index contributed by atoms with van der Waals surface area (Å²) >= 11 is 1.33. The summed E-state index contributed by atoms with van der Waals surface area (Å²) in [6.45, 7) is 5.94. The smallest absolute Gasteiger partial charge is 0.265 e. The second-order valence-corrected chi connectivity index (χ2v) is 8.00. The summed E-state index contributed by atoms with van der Waals surface area (Å²) in [5.74, 6) is 0.362. The van der Waals surface area contributed by atoms with Gasteiger partial charge in [0.05, 0.1) is 11.3 Å². The monoisotopic (exact) mass is 408 g/mol. The Morgan fingerprint density at radius 2 is 1.97 bits per heavy atom. The molecule has 0 saturated heterocycles. The first kappa shape index (κ1) is 19.1. The molecular formula is C21H20N4O3S. The molecule has 3 aromatic heterocycles. The third kappa shape index (κ3) is 3.47. The molecule has 0 atom stereocenters. The summed E-state index contributed by atoms with van der Waals surface area (Å²) in [6, 6.07) is 8.22. The van der Waals surface area contributed by atoms with Gasteiger partial charge in [0.15, 0.2) is 5.13 Å². The van der Waals surface area contributed by atoms with E-state index in [9.17, 15) is 9.59 Å². The van der Waals surface area contributed by atoms with E-state index in [4.69, 9.17) is 4.42 Å². The molecule has 1 N–H and O–H groups in total. The molecule has 3 heterocycles. The Balaban J connectivity index is 1.62. The summed E-state index contributed by atoms with van der Waals surface area (Å²) in [7, 11) is 1.58. The van der Waals surface area contributed by atoms with Crippen molar-refractivity contribution >= 4 is 33.5 Å². The van der Waals surface area contributed by atoms with E-state index in [1.807, 2.05) is 17.5 Å². The minimum Gasteiger partial charge on any atom is -0.442 e. The molecule has 0 saturated carbocycles. The van der Waals surface area contributed by atoms with E-state index in [2.05, 4.69) is 41.3 Å². The molecule has 0 aliphatic heterocycles. The summed E-state index contributed by atoms with van der Waals surface area (Å²) in [6.07, 6.45) is 1.37. The first-order valence-corrected chi connectivity index (χ1v) is 10.0. The summed E-state index contributed by atoms with van der Waals surface area (Å²) in [5.41, 5.74) is 3.03. The van der Waals surface area contributed by atoms with Gasteiger partial charge in [0.2, 0.25) is 5.71 Å². The molecule has 8 heteroatoms. The molecule has 0 bridgehead atoms. The number of hydrogen-bond acceptors (Lipinski definition) is 6. The average Bonchev–Trinajstić information content (AvgIpc) is 3.29. The van der Waals surface area contributed by atoms with Crippen molar-refractivity contribution in [2.75, 3.05) is 5.32 Å². The maximum Gasteiger partial charge on any atom is 0.265 e. The van der Waals surface area contributed by atoms with Gasteiger partial charge in [0.25, 0.3) is 11.5 Å². The number of thiazole rings is 1. The Bertz CT molecular complexity index is 1270. The number of nitrogens with zero attached hydrogens (tertiary/aromatic N) is 3. The second kappa shape index (κ2) is 7.29. The Morgan fingerprint density at radius 1 is 1.24 bits per heavy atom. The number of rotatable bonds is 4. The number of carbonyl (C=O) groups excluding carboxylic acids is 1. The van der Waals surface area contributed by atoms with Crippen LogP contribution >= 0.6 is 11.3 Å². The fourth-order valence-corrected chi connectivity index (χ4v) is 3.84. The lowest BCUT2D eigenvalue weighted by Gasteiger charge is -2.05. The van der Waals surface area contributed by atoms with Crippen molar-refractivity contribution in [3.63, 3.8) is 0 Å². The number of fused-ring (bicyclic) bond motifs is 1. The molecule has 0 fully saturated rings. The zero-order valence-electron chi connectivity index (χ0n) is 16.5. The average molecular weight is 408 g/mol. The first-order valence-electron chi connectivity index (χ1n) is 9.17. The maximum atomic E-state index is 12.9. The van der Waals surface area contributed by atoms with Gasteiger partial charge in [-0.25, -0.2) is 9.97 Å². The summed E-state index contributed by atoms with van der Waals surface area (Å²) in [5, 5.41) is 5.29. The number of aromatic nitrogens is 3. The number of benzene rings is 1. The number of nitrogens with one attached hydrogen (secondary N) is 1. The third-order valence-corrected chi connectivity index (χ3v) is 5.53. The Morgan fingerprint density at radius 3 is 2.66 bits per heavy atom. The molecule has 1 aromatic carbocycles. The van der Waals surface area contributed by atoms with E-state index in [1.165, 1.54) is 27.8 Å². The van der Waals surface area contributed by atoms with Crippen LogP contribution in [0.25, 0.3) is 22.4 Å². The van der Waals surface area contributed by atoms with Crippen molar-refractivity contribution in [2.45, 2.75) is 26.7 Å². The van der Waals surface area contributed by atoms with E-state index < -0.39 is 5.91 Å². The fourth-order valence-electron chi connectivity index (χ4n) is 3.12. The number of anilines is 1. The predicted octanol–water partition coefficient (Wildman–Crippen LogP) is 4.33. The molecule has 0 unspecified atom stereocenters. The van der Waals surface area contributed by atoms with Crippen molar-refractivity contribution in [1.82, 2.24) is 14.5 Å². The van der Waals surface area contributed by atoms with Crippen LogP contribution in [0.1, 0.15) is 41.4 Å². The largest absolute Gasteiger partial charge is 0.442 e. The van der Waals surface area contributed by atoms with Crippen LogP contribution in [-0.4, -0.2) is 20.4 Å². The number of aryl methyl sites for hydroxylation is 2. The van der Waals surface area contributed by atoms with Crippen LogP contribution in [0.2, 0.25) is 0 Å². The molecule has 0 radical (unpaired) electrons. The second-order valence-electron chi connectivity index (χ2n) is 7.14. The minimum absolute atomic E-state index is 0.154. The van der Waals surface area contributed by atoms with E-state index in [1.54, 1.807) is 14.0 Å². The minimum atomic E-state index is -0.442. The molecule has 4 aromatic rings. The van der Waals surface area contributed by atoms with Gasteiger partial charge >= 0.3 is 0 Å². The number of amides is 1. The Hall–Kier alpha value is -3.26. The van der Waals surface area contributed by atoms with Crippen LogP contribution in [0.3, 0.4) is 0 Å². The van der Waals surface area contributed by atoms with Gasteiger partial charge in [-0.1, -0.05) is 38.1 Å². The van der Waals surface area contributed by atoms with Crippen LogP contribution in [0.15, 0.2) is 45.2 Å². The van der Waals surface area contributed by atoms with Gasteiger partial charge in [-0.05, 0) is 18.4 Å². The molecule has 4 rings (SSSR count). The van der Waals surface area contributed by atoms with Crippen molar-refractivity contribution in [2.24, 2.45) is 7.05 Å². The van der Waals surface area contributed by atoms with Crippen molar-refractivity contribution in [1.29, 1.82) is 0 Å². The van der Waals surface area contributed by atoms with E-state index >= 15 is 0 Å². The van der Waals surface area contributed by atoms with E-state index in [0.717, 1.165) is 11.3 Å². The number of carbonyl (C=O) groups is 1. The summed E-state index contributed by atoms with van der Waals surface area (Å²) in [4.78, 5) is 33.9. The van der Waals surface area contributed by atoms with Crippen LogP contribution in [0, 0.1) is 6.92 Å². The lowest BCUT2D eigenvalue weighted by molar-refractivity contribution is 0.102. The zero-order chi connectivity index (χ0) is 20.7. The Labute approximate surface area is 171 Å². The zero-order valence-corrected chi connectivity index (χ0v) is 17.3. The highest BCUT2D eigenvalue weighted by Crippen LogP contribution is 2.28. The molecule has 7 nitrogen and oxygen atoms in total. The van der Waals surface area contributed by atoms with Gasteiger partial charge in [0.1, 0.15) is 17.5 Å². The van der Waals surface area contributed by atoms with Crippen LogP contribution in [0.5, 0.6) is 0 Å². The first-order chi connectivity index (χ1) is 13.8. The topological polar surface area (TPSA) is 90.0 Å². The van der Waals surface area contributed by atoms with Crippen molar-refractivity contribution < 1.29 is 9.21 Å². The van der Waals surface area contributed by atoms with E-state index in [-0.39, 0.29) is 22.2 Å². The van der Waals surface area contributed by atoms with Crippen LogP contribution in [-0.2, 0) is 7.05 Å². The maximum absolute atomic E-state index is 12.9. The van der Waals surface area contributed by atoms with Crippen LogP contribution < -0.4 is 10.9 Å². The molecule has 0 spiro atoms.